The summed E-state index contributed by atoms with van der Waals surface area (Å²) in [5.74, 6) is 1.44. The van der Waals surface area contributed by atoms with Gasteiger partial charge in [0.05, 0.1) is 17.7 Å². The van der Waals surface area contributed by atoms with Crippen molar-refractivity contribution in [3.63, 3.8) is 0 Å². The lowest BCUT2D eigenvalue weighted by atomic mass is 10.0. The Morgan fingerprint density at radius 3 is 2.57 bits per heavy atom. The van der Waals surface area contributed by atoms with E-state index in [1.54, 1.807) is 36.0 Å². The van der Waals surface area contributed by atoms with E-state index in [0.29, 0.717) is 28.7 Å². The summed E-state index contributed by atoms with van der Waals surface area (Å²) in [6, 6.07) is 10.4. The summed E-state index contributed by atoms with van der Waals surface area (Å²) >= 11 is 0. The van der Waals surface area contributed by atoms with Crippen LogP contribution in [0.5, 0.6) is 0 Å². The van der Waals surface area contributed by atoms with Gasteiger partial charge in [0, 0.05) is 42.3 Å². The van der Waals surface area contributed by atoms with Gasteiger partial charge in [-0.25, -0.2) is 9.97 Å². The van der Waals surface area contributed by atoms with Crippen molar-refractivity contribution in [3.05, 3.63) is 83.1 Å². The van der Waals surface area contributed by atoms with Gasteiger partial charge in [0.1, 0.15) is 18.0 Å². The lowest BCUT2D eigenvalue weighted by molar-refractivity contribution is -0.137. The number of nitrogens with one attached hydrogen (secondary N) is 2. The highest BCUT2D eigenvalue weighted by atomic mass is 19.4. The van der Waals surface area contributed by atoms with Gasteiger partial charge in [-0.05, 0) is 37.6 Å². The molecule has 4 rings (SSSR count). The summed E-state index contributed by atoms with van der Waals surface area (Å²) in [6.07, 6.45) is -2.27. The van der Waals surface area contributed by atoms with Crippen molar-refractivity contribution in [2.45, 2.75) is 26.4 Å². The Hall–Kier alpha value is -4.28. The fraction of sp³-hybridized carbons (Fsp3) is 0.208. The number of nitrogens with zero attached hydrogens (tertiary/aromatic N) is 5. The highest BCUT2D eigenvalue weighted by Crippen LogP contribution is 2.29. The van der Waals surface area contributed by atoms with Gasteiger partial charge in [-0.3, -0.25) is 9.78 Å². The van der Waals surface area contributed by atoms with Crippen LogP contribution in [0.1, 0.15) is 32.9 Å². The minimum absolute atomic E-state index is 0.0534. The van der Waals surface area contributed by atoms with Crippen LogP contribution in [0.2, 0.25) is 0 Å². The normalized spacial score (nSPS) is 11.4. The fourth-order valence-corrected chi connectivity index (χ4v) is 3.45. The third-order valence-electron chi connectivity index (χ3n) is 5.27. The first-order valence-electron chi connectivity index (χ1n) is 10.6. The van der Waals surface area contributed by atoms with Crippen molar-refractivity contribution in [1.82, 2.24) is 24.7 Å². The molecule has 0 bridgehead atoms. The van der Waals surface area contributed by atoms with E-state index < -0.39 is 11.7 Å². The average Bonchev–Trinajstić information content (AvgIpc) is 3.20. The number of halogens is 3. The third kappa shape index (κ3) is 5.45. The second-order valence-corrected chi connectivity index (χ2v) is 7.88. The molecule has 1 aromatic carbocycles. The summed E-state index contributed by atoms with van der Waals surface area (Å²) in [4.78, 5) is 25.2. The average molecular weight is 481 g/mol. The monoisotopic (exact) mass is 481 g/mol. The van der Waals surface area contributed by atoms with Crippen LogP contribution in [0.3, 0.4) is 0 Å². The number of ketones is 1. The van der Waals surface area contributed by atoms with E-state index in [0.717, 1.165) is 29.6 Å². The highest BCUT2D eigenvalue weighted by Gasteiger charge is 2.30. The molecule has 0 fully saturated rings. The molecule has 2 N–H and O–H groups in total. The van der Waals surface area contributed by atoms with Crippen LogP contribution in [-0.4, -0.2) is 37.6 Å². The van der Waals surface area contributed by atoms with Gasteiger partial charge in [0.25, 0.3) is 0 Å². The van der Waals surface area contributed by atoms with Gasteiger partial charge in [-0.1, -0.05) is 12.1 Å². The van der Waals surface area contributed by atoms with Gasteiger partial charge < -0.3 is 10.6 Å². The van der Waals surface area contributed by atoms with Crippen LogP contribution in [0.25, 0.3) is 5.82 Å². The Bertz CT molecular complexity index is 1380. The molecular weight excluding hydrogens is 459 g/mol. The molecule has 0 aliphatic rings. The van der Waals surface area contributed by atoms with E-state index in [1.807, 2.05) is 19.9 Å². The Morgan fingerprint density at radius 2 is 1.83 bits per heavy atom. The van der Waals surface area contributed by atoms with Crippen molar-refractivity contribution < 1.29 is 18.0 Å². The molecule has 0 spiro atoms. The summed E-state index contributed by atoms with van der Waals surface area (Å²) < 4.78 is 40.6. The summed E-state index contributed by atoms with van der Waals surface area (Å²) in [6.45, 7) is 3.72. The first kappa shape index (κ1) is 23.9. The molecule has 180 valence electrons. The van der Waals surface area contributed by atoms with E-state index in [2.05, 4.69) is 30.7 Å². The molecule has 0 unspecified atom stereocenters. The largest absolute Gasteiger partial charge is 0.416 e. The lowest BCUT2D eigenvalue weighted by Gasteiger charge is -2.13. The number of benzene rings is 1. The van der Waals surface area contributed by atoms with Gasteiger partial charge >= 0.3 is 6.18 Å². The summed E-state index contributed by atoms with van der Waals surface area (Å²) in [5, 5.41) is 10.7. The van der Waals surface area contributed by atoms with Crippen LogP contribution < -0.4 is 10.6 Å². The minimum atomic E-state index is -4.50. The second kappa shape index (κ2) is 9.53. The smallest absolute Gasteiger partial charge is 0.373 e. The lowest BCUT2D eigenvalue weighted by Crippen LogP contribution is -2.10. The molecule has 35 heavy (non-hydrogen) atoms. The number of carbonyl (C=O) groups excluding carboxylic acids is 1. The van der Waals surface area contributed by atoms with Crippen molar-refractivity contribution in [2.24, 2.45) is 0 Å². The number of pyridine rings is 1. The van der Waals surface area contributed by atoms with Crippen LogP contribution in [0.15, 0.2) is 55.0 Å². The number of rotatable bonds is 7. The van der Waals surface area contributed by atoms with Crippen molar-refractivity contribution >= 4 is 23.1 Å². The standard InChI is InChI=1S/C24H22F3N7O/c1-14-4-5-16(20(35)11-18-10-17(6-7-29-18)24(25,26)27)9-19(14)32-23-8-15(2)33-34(23)22-12-21(28-3)30-13-31-22/h4-10,12-13,32H,11H2,1-3H3,(H,28,30,31). The zero-order chi connectivity index (χ0) is 25.2. The molecule has 3 heterocycles. The van der Waals surface area contributed by atoms with E-state index in [-0.39, 0.29) is 17.9 Å². The SMILES string of the molecule is CNc1cc(-n2nc(C)cc2Nc2cc(C(=O)Cc3cc(C(F)(F)F)ccn3)ccc2C)ncn1. The number of hydrogen-bond donors (Lipinski definition) is 2. The van der Waals surface area contributed by atoms with E-state index in [1.165, 1.54) is 6.33 Å². The zero-order valence-corrected chi connectivity index (χ0v) is 19.2. The van der Waals surface area contributed by atoms with Crippen molar-refractivity contribution in [1.29, 1.82) is 0 Å². The number of hydrogen-bond acceptors (Lipinski definition) is 7. The quantitative estimate of drug-likeness (QED) is 0.362. The van der Waals surface area contributed by atoms with E-state index in [9.17, 15) is 18.0 Å². The molecule has 8 nitrogen and oxygen atoms in total. The molecule has 0 amide bonds. The van der Waals surface area contributed by atoms with Gasteiger partial charge in [-0.15, -0.1) is 0 Å². The summed E-state index contributed by atoms with van der Waals surface area (Å²) in [7, 11) is 1.75. The number of anilines is 3. The maximum absolute atomic E-state index is 13.0. The fourth-order valence-electron chi connectivity index (χ4n) is 3.45. The topological polar surface area (TPSA) is 97.6 Å². The molecule has 0 aliphatic carbocycles. The van der Waals surface area contributed by atoms with Gasteiger partial charge in [-0.2, -0.15) is 23.0 Å². The number of Topliss-reactive ketones (excluding diaryl/α,β-unsaturated/α-hetero) is 1. The van der Waals surface area contributed by atoms with E-state index in [4.69, 9.17) is 0 Å². The van der Waals surface area contributed by atoms with Gasteiger partial charge in [0.15, 0.2) is 11.6 Å². The molecular formula is C24H22F3N7O. The Balaban J connectivity index is 1.60. The third-order valence-corrected chi connectivity index (χ3v) is 5.27. The number of aromatic nitrogens is 5. The highest BCUT2D eigenvalue weighted by molar-refractivity contribution is 5.98. The predicted octanol–water partition coefficient (Wildman–Crippen LogP) is 4.90. The number of carbonyl (C=O) groups is 1. The maximum Gasteiger partial charge on any atom is 0.416 e. The van der Waals surface area contributed by atoms with Crippen LogP contribution in [-0.2, 0) is 12.6 Å². The Kier molecular flexibility index (Phi) is 6.50. The molecule has 4 aromatic rings. The van der Waals surface area contributed by atoms with Crippen molar-refractivity contribution in [2.75, 3.05) is 17.7 Å². The second-order valence-electron chi connectivity index (χ2n) is 7.88. The molecule has 0 radical (unpaired) electrons. The molecule has 0 atom stereocenters. The van der Waals surface area contributed by atoms with E-state index >= 15 is 0 Å². The molecule has 0 saturated carbocycles. The zero-order valence-electron chi connectivity index (χ0n) is 19.2. The van der Waals surface area contributed by atoms with Crippen LogP contribution >= 0.6 is 0 Å². The Morgan fingerprint density at radius 1 is 1.03 bits per heavy atom. The maximum atomic E-state index is 13.0. The Labute approximate surface area is 199 Å². The van der Waals surface area contributed by atoms with Gasteiger partial charge in [0.2, 0.25) is 0 Å². The molecule has 3 aromatic heterocycles. The minimum Gasteiger partial charge on any atom is -0.373 e. The molecule has 11 heteroatoms. The summed E-state index contributed by atoms with van der Waals surface area (Å²) in [5.41, 5.74) is 1.82. The first-order chi connectivity index (χ1) is 16.6. The number of alkyl halides is 3. The van der Waals surface area contributed by atoms with Crippen molar-refractivity contribution in [3.8, 4) is 5.82 Å². The predicted molar refractivity (Wildman–Crippen MR) is 125 cm³/mol. The van der Waals surface area contributed by atoms with Crippen LogP contribution in [0.4, 0.5) is 30.5 Å². The first-order valence-corrected chi connectivity index (χ1v) is 10.6. The van der Waals surface area contributed by atoms with Crippen LogP contribution in [0, 0.1) is 13.8 Å². The molecule has 0 aliphatic heterocycles. The number of aryl methyl sites for hydroxylation is 2. The molecule has 0 saturated heterocycles.